The summed E-state index contributed by atoms with van der Waals surface area (Å²) in [6.07, 6.45) is 0. The monoisotopic (exact) mass is 285 g/mol. The molecule has 0 atom stereocenters. The van der Waals surface area contributed by atoms with E-state index in [4.69, 9.17) is 9.84 Å². The van der Waals surface area contributed by atoms with Gasteiger partial charge in [0.1, 0.15) is 10.6 Å². The van der Waals surface area contributed by atoms with E-state index in [0.717, 1.165) is 6.07 Å². The number of carboxylic acids is 1. The maximum atomic E-state index is 12.1. The van der Waals surface area contributed by atoms with Gasteiger partial charge in [0.05, 0.1) is 12.7 Å². The molecule has 0 bridgehead atoms. The number of hydrogen-bond donors (Lipinski definition) is 2. The first-order valence-corrected chi connectivity index (χ1v) is 6.81. The highest BCUT2D eigenvalue weighted by Crippen LogP contribution is 2.24. The van der Waals surface area contributed by atoms with Crippen molar-refractivity contribution >= 4 is 16.0 Å². The van der Waals surface area contributed by atoms with Crippen molar-refractivity contribution in [1.29, 1.82) is 0 Å². The molecule has 104 valence electrons. The van der Waals surface area contributed by atoms with Crippen LogP contribution in [0.5, 0.6) is 5.75 Å². The summed E-state index contributed by atoms with van der Waals surface area (Å²) in [5, 5.41) is 8.89. The first-order chi connectivity index (χ1) is 8.77. The molecule has 2 N–H and O–H groups in total. The molecule has 6 nitrogen and oxygen atoms in total. The third-order valence-electron chi connectivity index (χ3n) is 2.26. The Balaban J connectivity index is 3.26. The molecule has 0 amide bonds. The van der Waals surface area contributed by atoms with Crippen molar-refractivity contribution in [2.24, 2.45) is 0 Å². The highest BCUT2D eigenvalue weighted by atomic mass is 32.2. The number of rotatable bonds is 6. The van der Waals surface area contributed by atoms with Crippen molar-refractivity contribution < 1.29 is 23.1 Å². The van der Waals surface area contributed by atoms with Gasteiger partial charge in [-0.1, -0.05) is 12.2 Å². The number of carbonyl (C=O) groups is 1. The lowest BCUT2D eigenvalue weighted by Gasteiger charge is -2.11. The van der Waals surface area contributed by atoms with Crippen molar-refractivity contribution in [3.05, 3.63) is 35.9 Å². The molecular weight excluding hydrogens is 270 g/mol. The van der Waals surface area contributed by atoms with E-state index in [1.807, 2.05) is 0 Å². The van der Waals surface area contributed by atoms with Crippen LogP contribution in [0, 0.1) is 0 Å². The minimum absolute atomic E-state index is 0.0722. The predicted molar refractivity (Wildman–Crippen MR) is 70.0 cm³/mol. The average molecular weight is 285 g/mol. The summed E-state index contributed by atoms with van der Waals surface area (Å²) in [5.41, 5.74) is 0.508. The molecular formula is C12H15NO5S. The number of methoxy groups -OCH3 is 1. The van der Waals surface area contributed by atoms with E-state index in [1.54, 1.807) is 6.92 Å². The number of benzene rings is 1. The first-order valence-electron chi connectivity index (χ1n) is 5.33. The molecule has 1 aromatic rings. The molecule has 0 aliphatic carbocycles. The zero-order valence-electron chi connectivity index (χ0n) is 10.6. The number of hydrogen-bond acceptors (Lipinski definition) is 4. The highest BCUT2D eigenvalue weighted by Gasteiger charge is 2.21. The van der Waals surface area contributed by atoms with Crippen molar-refractivity contribution in [1.82, 2.24) is 4.72 Å². The zero-order valence-corrected chi connectivity index (χ0v) is 11.5. The number of aromatic carboxylic acids is 1. The predicted octanol–water partition coefficient (Wildman–Crippen LogP) is 1.25. The number of ether oxygens (including phenoxy) is 1. The zero-order chi connectivity index (χ0) is 14.6. The van der Waals surface area contributed by atoms with E-state index in [0.29, 0.717) is 5.57 Å². The molecule has 0 aliphatic rings. The fraction of sp³-hybridized carbons (Fsp3) is 0.250. The summed E-state index contributed by atoms with van der Waals surface area (Å²) in [6, 6.07) is 3.64. The van der Waals surface area contributed by atoms with Crippen molar-refractivity contribution in [2.45, 2.75) is 11.8 Å². The Bertz CT molecular complexity index is 607. The molecule has 0 heterocycles. The lowest BCUT2D eigenvalue weighted by atomic mass is 10.2. The fourth-order valence-electron chi connectivity index (χ4n) is 1.32. The normalized spacial score (nSPS) is 11.1. The van der Waals surface area contributed by atoms with Crippen molar-refractivity contribution in [2.75, 3.05) is 13.7 Å². The van der Waals surface area contributed by atoms with Gasteiger partial charge < -0.3 is 9.84 Å². The van der Waals surface area contributed by atoms with E-state index in [9.17, 15) is 13.2 Å². The molecule has 0 saturated heterocycles. The van der Waals surface area contributed by atoms with Crippen LogP contribution in [0.15, 0.2) is 35.2 Å². The number of sulfonamides is 1. The van der Waals surface area contributed by atoms with E-state index in [-0.39, 0.29) is 22.8 Å². The largest absolute Gasteiger partial charge is 0.495 e. The van der Waals surface area contributed by atoms with Gasteiger partial charge in [-0.15, -0.1) is 0 Å². The van der Waals surface area contributed by atoms with Crippen LogP contribution in [0.2, 0.25) is 0 Å². The molecule has 0 aromatic heterocycles. The summed E-state index contributed by atoms with van der Waals surface area (Å²) < 4.78 is 31.4. The van der Waals surface area contributed by atoms with Gasteiger partial charge in [-0.2, -0.15) is 0 Å². The van der Waals surface area contributed by atoms with Crippen molar-refractivity contribution in [3.63, 3.8) is 0 Å². The highest BCUT2D eigenvalue weighted by molar-refractivity contribution is 7.89. The molecule has 0 unspecified atom stereocenters. The van der Waals surface area contributed by atoms with Gasteiger partial charge in [0.15, 0.2) is 0 Å². The maximum absolute atomic E-state index is 12.1. The maximum Gasteiger partial charge on any atom is 0.335 e. The van der Waals surface area contributed by atoms with Crippen LogP contribution >= 0.6 is 0 Å². The molecule has 0 radical (unpaired) electrons. The van der Waals surface area contributed by atoms with Gasteiger partial charge in [-0.25, -0.2) is 17.9 Å². The van der Waals surface area contributed by atoms with Gasteiger partial charge in [-0.05, 0) is 25.1 Å². The van der Waals surface area contributed by atoms with Gasteiger partial charge in [0.2, 0.25) is 10.0 Å². The summed E-state index contributed by atoms with van der Waals surface area (Å²) in [7, 11) is -2.54. The van der Waals surface area contributed by atoms with Crippen molar-refractivity contribution in [3.8, 4) is 5.75 Å². The summed E-state index contributed by atoms with van der Waals surface area (Å²) in [4.78, 5) is 10.7. The minimum atomic E-state index is -3.85. The van der Waals surface area contributed by atoms with Crippen LogP contribution in [0.3, 0.4) is 0 Å². The Morgan fingerprint density at radius 2 is 2.11 bits per heavy atom. The topological polar surface area (TPSA) is 92.7 Å². The molecule has 0 aliphatic heterocycles. The Morgan fingerprint density at radius 1 is 1.47 bits per heavy atom. The fourth-order valence-corrected chi connectivity index (χ4v) is 2.61. The molecule has 1 rings (SSSR count). The van der Waals surface area contributed by atoms with Crippen LogP contribution in [0.1, 0.15) is 17.3 Å². The van der Waals surface area contributed by atoms with E-state index in [1.165, 1.54) is 19.2 Å². The lowest BCUT2D eigenvalue weighted by molar-refractivity contribution is 0.0696. The Hall–Kier alpha value is -1.86. The number of carboxylic acid groups (broad SMARTS) is 1. The first kappa shape index (κ1) is 15.2. The van der Waals surface area contributed by atoms with Gasteiger partial charge >= 0.3 is 5.97 Å². The Morgan fingerprint density at radius 3 is 2.58 bits per heavy atom. The van der Waals surface area contributed by atoms with E-state index < -0.39 is 16.0 Å². The average Bonchev–Trinajstić information content (AvgIpc) is 2.35. The molecule has 0 fully saturated rings. The minimum Gasteiger partial charge on any atom is -0.495 e. The second kappa shape index (κ2) is 5.85. The third kappa shape index (κ3) is 3.80. The quantitative estimate of drug-likeness (QED) is 0.767. The van der Waals surface area contributed by atoms with Crippen LogP contribution in [-0.4, -0.2) is 33.1 Å². The molecule has 19 heavy (non-hydrogen) atoms. The second-order valence-electron chi connectivity index (χ2n) is 3.95. The summed E-state index contributed by atoms with van der Waals surface area (Å²) in [5.74, 6) is -1.13. The standard InChI is InChI=1S/C12H15NO5S/c1-8(2)7-13-19(16,17)11-6-9(12(14)15)4-5-10(11)18-3/h4-6,13H,1,7H2,2-3H3,(H,14,15). The summed E-state index contributed by atoms with van der Waals surface area (Å²) in [6.45, 7) is 5.33. The van der Waals surface area contributed by atoms with E-state index in [2.05, 4.69) is 11.3 Å². The Kier molecular flexibility index (Phi) is 4.68. The third-order valence-corrected chi connectivity index (χ3v) is 3.69. The van der Waals surface area contributed by atoms with Crippen LogP contribution in [0.4, 0.5) is 0 Å². The van der Waals surface area contributed by atoms with Gasteiger partial charge in [-0.3, -0.25) is 0 Å². The number of nitrogens with one attached hydrogen (secondary N) is 1. The van der Waals surface area contributed by atoms with E-state index >= 15 is 0 Å². The van der Waals surface area contributed by atoms with Crippen LogP contribution in [-0.2, 0) is 10.0 Å². The lowest BCUT2D eigenvalue weighted by Crippen LogP contribution is -2.26. The second-order valence-corrected chi connectivity index (χ2v) is 5.69. The molecule has 7 heteroatoms. The smallest absolute Gasteiger partial charge is 0.335 e. The van der Waals surface area contributed by atoms with Crippen LogP contribution < -0.4 is 9.46 Å². The molecule has 0 saturated carbocycles. The molecule has 1 aromatic carbocycles. The Labute approximate surface area is 111 Å². The SMILES string of the molecule is C=C(C)CNS(=O)(=O)c1cc(C(=O)O)ccc1OC. The van der Waals surface area contributed by atoms with Gasteiger partial charge in [0.25, 0.3) is 0 Å². The molecule has 0 spiro atoms. The summed E-state index contributed by atoms with van der Waals surface area (Å²) >= 11 is 0. The van der Waals surface area contributed by atoms with Gasteiger partial charge in [0, 0.05) is 6.54 Å². The van der Waals surface area contributed by atoms with Crippen LogP contribution in [0.25, 0.3) is 0 Å².